The number of para-hydroxylation sites is 1. The fraction of sp³-hybridized carbons (Fsp3) is 0.458. The molecule has 1 amide bonds. The topological polar surface area (TPSA) is 54.5 Å². The van der Waals surface area contributed by atoms with Crippen LogP contribution in [0.4, 0.5) is 5.69 Å². The molecule has 6 rings (SSSR count). The second-order valence-electron chi connectivity index (χ2n) is 9.42. The van der Waals surface area contributed by atoms with E-state index in [1.165, 1.54) is 19.3 Å². The van der Waals surface area contributed by atoms with Gasteiger partial charge in [-0.3, -0.25) is 4.79 Å². The first-order valence-corrected chi connectivity index (χ1v) is 12.0. The zero-order valence-electron chi connectivity index (χ0n) is 16.8. The lowest BCUT2D eigenvalue weighted by molar-refractivity contribution is -0.142. The van der Waals surface area contributed by atoms with Crippen molar-refractivity contribution in [3.8, 4) is 0 Å². The lowest BCUT2D eigenvalue weighted by atomic mass is 9.49. The number of hydrogen-bond donors (Lipinski definition) is 0. The van der Waals surface area contributed by atoms with Gasteiger partial charge in [-0.05, 0) is 87.5 Å². The summed E-state index contributed by atoms with van der Waals surface area (Å²) in [6.45, 7) is 1.92. The molecular formula is C24H27NO3S. The Morgan fingerprint density at radius 1 is 0.862 bits per heavy atom. The van der Waals surface area contributed by atoms with Crippen LogP contribution < -0.4 is 4.31 Å². The smallest absolute Gasteiger partial charge is 0.270 e. The first-order valence-electron chi connectivity index (χ1n) is 10.6. The molecule has 4 nitrogen and oxygen atoms in total. The molecule has 0 saturated heterocycles. The van der Waals surface area contributed by atoms with Crippen LogP contribution in [0.2, 0.25) is 0 Å². The minimum absolute atomic E-state index is 0.171. The van der Waals surface area contributed by atoms with Gasteiger partial charge in [-0.1, -0.05) is 35.9 Å². The highest BCUT2D eigenvalue weighted by Crippen LogP contribution is 2.61. The first-order chi connectivity index (χ1) is 13.9. The number of carbonyl (C=O) groups excluding carboxylic acids is 1. The van der Waals surface area contributed by atoms with Crippen LogP contribution in [0.15, 0.2) is 59.5 Å². The van der Waals surface area contributed by atoms with E-state index in [9.17, 15) is 13.2 Å². The lowest BCUT2D eigenvalue weighted by Crippen LogP contribution is -2.55. The van der Waals surface area contributed by atoms with E-state index >= 15 is 0 Å². The maximum Gasteiger partial charge on any atom is 0.270 e. The van der Waals surface area contributed by atoms with Crippen molar-refractivity contribution in [1.29, 1.82) is 0 Å². The number of amides is 1. The van der Waals surface area contributed by atoms with E-state index in [1.54, 1.807) is 48.5 Å². The third-order valence-corrected chi connectivity index (χ3v) is 8.95. The van der Waals surface area contributed by atoms with Crippen LogP contribution in [0.25, 0.3) is 0 Å². The van der Waals surface area contributed by atoms with Crippen molar-refractivity contribution in [2.24, 2.45) is 23.2 Å². The van der Waals surface area contributed by atoms with Gasteiger partial charge in [-0.2, -0.15) is 0 Å². The average Bonchev–Trinajstić information content (AvgIpc) is 2.68. The van der Waals surface area contributed by atoms with E-state index < -0.39 is 15.4 Å². The molecule has 0 aromatic heterocycles. The summed E-state index contributed by atoms with van der Waals surface area (Å²) in [6.07, 6.45) is 6.15. The number of rotatable bonds is 4. The molecule has 2 aromatic carbocycles. The monoisotopic (exact) mass is 409 g/mol. The second kappa shape index (κ2) is 6.69. The SMILES string of the molecule is Cc1ccc(S(=O)(=O)N(C(=O)C23CC4CC(CC(C4)C2)C3)c2ccccc2)cc1. The summed E-state index contributed by atoms with van der Waals surface area (Å²) in [5.41, 5.74) is 0.902. The normalized spacial score (nSPS) is 30.3. The summed E-state index contributed by atoms with van der Waals surface area (Å²) >= 11 is 0. The first kappa shape index (κ1) is 18.9. The van der Waals surface area contributed by atoms with Gasteiger partial charge in [0, 0.05) is 0 Å². The Balaban J connectivity index is 1.60. The molecule has 152 valence electrons. The highest BCUT2D eigenvalue weighted by molar-refractivity contribution is 7.93. The van der Waals surface area contributed by atoms with E-state index in [1.807, 2.05) is 13.0 Å². The molecule has 0 spiro atoms. The number of carbonyl (C=O) groups is 1. The molecule has 0 radical (unpaired) electrons. The number of nitrogens with zero attached hydrogens (tertiary/aromatic N) is 1. The summed E-state index contributed by atoms with van der Waals surface area (Å²) in [6, 6.07) is 15.7. The van der Waals surface area contributed by atoms with Gasteiger partial charge in [-0.15, -0.1) is 0 Å². The predicted octanol–water partition coefficient (Wildman–Crippen LogP) is 4.93. The molecule has 4 fully saturated rings. The largest absolute Gasteiger partial charge is 0.273 e. The zero-order valence-corrected chi connectivity index (χ0v) is 17.6. The number of hydrogen-bond acceptors (Lipinski definition) is 3. The molecular weight excluding hydrogens is 382 g/mol. The van der Waals surface area contributed by atoms with Crippen LogP contribution in [0.1, 0.15) is 44.1 Å². The van der Waals surface area contributed by atoms with Crippen LogP contribution in [0.3, 0.4) is 0 Å². The van der Waals surface area contributed by atoms with Gasteiger partial charge in [0.1, 0.15) is 0 Å². The summed E-state index contributed by atoms with van der Waals surface area (Å²) in [5, 5.41) is 0. The van der Waals surface area contributed by atoms with E-state index in [0.29, 0.717) is 23.4 Å². The number of sulfonamides is 1. The van der Waals surface area contributed by atoms with E-state index in [4.69, 9.17) is 0 Å². The van der Waals surface area contributed by atoms with Gasteiger partial charge in [0.15, 0.2) is 0 Å². The molecule has 0 atom stereocenters. The van der Waals surface area contributed by atoms with E-state index in [-0.39, 0.29) is 10.8 Å². The number of aryl methyl sites for hydroxylation is 1. The predicted molar refractivity (Wildman–Crippen MR) is 113 cm³/mol. The van der Waals surface area contributed by atoms with Crippen molar-refractivity contribution in [1.82, 2.24) is 0 Å². The molecule has 0 heterocycles. The Hall–Kier alpha value is -2.14. The van der Waals surface area contributed by atoms with Crippen molar-refractivity contribution < 1.29 is 13.2 Å². The highest BCUT2D eigenvalue weighted by atomic mass is 32.2. The molecule has 0 aliphatic heterocycles. The molecule has 4 bridgehead atoms. The third kappa shape index (κ3) is 3.10. The van der Waals surface area contributed by atoms with Crippen LogP contribution in [0.5, 0.6) is 0 Å². The van der Waals surface area contributed by atoms with Crippen molar-refractivity contribution in [2.45, 2.75) is 50.3 Å². The molecule has 4 aliphatic carbocycles. The van der Waals surface area contributed by atoms with Crippen molar-refractivity contribution in [3.05, 3.63) is 60.2 Å². The quantitative estimate of drug-likeness (QED) is 0.719. The Morgan fingerprint density at radius 2 is 1.38 bits per heavy atom. The maximum atomic E-state index is 14.0. The van der Waals surface area contributed by atoms with Gasteiger partial charge < -0.3 is 0 Å². The zero-order chi connectivity index (χ0) is 20.2. The summed E-state index contributed by atoms with van der Waals surface area (Å²) in [7, 11) is -3.98. The van der Waals surface area contributed by atoms with Crippen LogP contribution in [0, 0.1) is 30.1 Å². The molecule has 0 N–H and O–H groups in total. The number of anilines is 1. The molecule has 4 aliphatic rings. The van der Waals surface area contributed by atoms with Crippen molar-refractivity contribution in [3.63, 3.8) is 0 Å². The van der Waals surface area contributed by atoms with Crippen molar-refractivity contribution in [2.75, 3.05) is 4.31 Å². The van der Waals surface area contributed by atoms with Gasteiger partial charge >= 0.3 is 0 Å². The Bertz CT molecular complexity index is 992. The molecule has 2 aromatic rings. The maximum absolute atomic E-state index is 14.0. The Morgan fingerprint density at radius 3 is 1.90 bits per heavy atom. The lowest BCUT2D eigenvalue weighted by Gasteiger charge is -2.56. The molecule has 29 heavy (non-hydrogen) atoms. The minimum Gasteiger partial charge on any atom is -0.273 e. The Labute approximate surface area is 173 Å². The molecule has 0 unspecified atom stereocenters. The van der Waals surface area contributed by atoms with Crippen molar-refractivity contribution >= 4 is 21.6 Å². The van der Waals surface area contributed by atoms with Gasteiger partial charge in [-0.25, -0.2) is 12.7 Å². The van der Waals surface area contributed by atoms with Gasteiger partial charge in [0.25, 0.3) is 10.0 Å². The summed E-state index contributed by atoms with van der Waals surface area (Å²) in [4.78, 5) is 14.2. The summed E-state index contributed by atoms with van der Waals surface area (Å²) in [5.74, 6) is 1.50. The van der Waals surface area contributed by atoms with Crippen LogP contribution in [-0.4, -0.2) is 14.3 Å². The fourth-order valence-corrected chi connectivity index (χ4v) is 7.83. The van der Waals surface area contributed by atoms with E-state index in [2.05, 4.69) is 0 Å². The fourth-order valence-electron chi connectivity index (χ4n) is 6.33. The van der Waals surface area contributed by atoms with E-state index in [0.717, 1.165) is 29.1 Å². The third-order valence-electron chi connectivity index (χ3n) is 7.23. The standard InChI is InChI=1S/C24H27NO3S/c1-17-7-9-22(10-8-17)29(27,28)25(21-5-3-2-4-6-21)23(26)24-14-18-11-19(15-24)13-20(12-18)16-24/h2-10,18-20H,11-16H2,1H3. The van der Waals surface area contributed by atoms with Crippen LogP contribution >= 0.6 is 0 Å². The van der Waals surface area contributed by atoms with Crippen LogP contribution in [-0.2, 0) is 14.8 Å². The van der Waals surface area contributed by atoms with Gasteiger partial charge in [0.05, 0.1) is 16.0 Å². The minimum atomic E-state index is -3.98. The highest BCUT2D eigenvalue weighted by Gasteiger charge is 2.57. The van der Waals surface area contributed by atoms with Gasteiger partial charge in [0.2, 0.25) is 5.91 Å². The summed E-state index contributed by atoms with van der Waals surface area (Å²) < 4.78 is 28.5. The Kier molecular flexibility index (Phi) is 4.35. The molecule has 4 saturated carbocycles. The second-order valence-corrected chi connectivity index (χ2v) is 11.2. The molecule has 5 heteroatoms. The average molecular weight is 410 g/mol. The number of benzene rings is 2.